The number of nitrogens with zero attached hydrogens (tertiary/aromatic N) is 5. The van der Waals surface area contributed by atoms with Crippen molar-refractivity contribution in [2.24, 2.45) is 5.16 Å². The molecule has 16 nitrogen and oxygen atoms in total. The van der Waals surface area contributed by atoms with E-state index in [0.29, 0.717) is 30.2 Å². The van der Waals surface area contributed by atoms with Gasteiger partial charge in [0, 0.05) is 116 Å². The molecule has 0 atom stereocenters. The van der Waals surface area contributed by atoms with Crippen molar-refractivity contribution in [1.82, 2.24) is 34.7 Å². The quantitative estimate of drug-likeness (QED) is 0.0474. The molecule has 7 N–H and O–H groups in total. The maximum Gasteiger partial charge on any atom is 0.228 e. The number of nitrogens with one attached hydrogen (secondary N) is 6. The van der Waals surface area contributed by atoms with Gasteiger partial charge in [0.05, 0.1) is 28.5 Å². The maximum absolute atomic E-state index is 12.7. The zero-order valence-electron chi connectivity index (χ0n) is 43.2. The van der Waals surface area contributed by atoms with Crippen molar-refractivity contribution in [3.05, 3.63) is 100 Å². The monoisotopic (exact) mass is 1000 g/mol. The fourth-order valence-corrected chi connectivity index (χ4v) is 11.3. The average molecular weight is 1000 g/mol. The number of amides is 2. The molecule has 0 aromatic carbocycles. The number of Topliss-reactive ketones (excluding diaryl/α,β-unsaturated/α-hetero) is 1. The number of carbonyl (C=O) groups excluding carboxylic acids is 4. The van der Waals surface area contributed by atoms with Crippen LogP contribution in [-0.4, -0.2) is 128 Å². The first kappa shape index (κ1) is 53.2. The highest BCUT2D eigenvalue weighted by atomic mass is 16.4. The number of hydrogen-bond donors (Lipinski definition) is 7. The number of aromatic amines is 5. The largest absolute Gasteiger partial charge is 0.411 e. The van der Waals surface area contributed by atoms with Gasteiger partial charge >= 0.3 is 0 Å². The molecule has 16 heteroatoms. The number of aldehydes is 1. The Morgan fingerprint density at radius 1 is 0.534 bits per heavy atom. The predicted octanol–water partition coefficient (Wildman–Crippen LogP) is 9.76. The van der Waals surface area contributed by atoms with Crippen molar-refractivity contribution in [3.63, 3.8) is 0 Å². The highest BCUT2D eigenvalue weighted by Crippen LogP contribution is 2.29. The molecular weight excluding hydrogens is 919 g/mol. The van der Waals surface area contributed by atoms with Crippen molar-refractivity contribution in [2.45, 2.75) is 148 Å². The van der Waals surface area contributed by atoms with Gasteiger partial charge in [-0.15, -0.1) is 0 Å². The SMILES string of the molecule is O/N=C1\CCCc2[nH]ccc21.O=C(CCN1CCCCC1)N1CCCCc2[nH]ccc21.O=C1CCCc2[nH]ccc21.O=Cc1cc2c([nH]1)CCCCN2C(=O)CCN1CCCCC1.c1cc2c([nH]1)CCCCN2. The Kier molecular flexibility index (Phi) is 20.2. The van der Waals surface area contributed by atoms with Crippen LogP contribution in [0.3, 0.4) is 0 Å². The summed E-state index contributed by atoms with van der Waals surface area (Å²) >= 11 is 0. The molecule has 5 aromatic heterocycles. The summed E-state index contributed by atoms with van der Waals surface area (Å²) in [6, 6.07) is 9.83. The lowest BCUT2D eigenvalue weighted by Gasteiger charge is -2.27. The summed E-state index contributed by atoms with van der Waals surface area (Å²) in [6.07, 6.45) is 33.5. The van der Waals surface area contributed by atoms with E-state index in [1.807, 2.05) is 52.8 Å². The van der Waals surface area contributed by atoms with Gasteiger partial charge in [-0.05, 0) is 172 Å². The molecule has 2 fully saturated rings. The van der Waals surface area contributed by atoms with Crippen molar-refractivity contribution in [1.29, 1.82) is 0 Å². The van der Waals surface area contributed by atoms with E-state index in [0.717, 1.165) is 162 Å². The van der Waals surface area contributed by atoms with Crippen LogP contribution in [0.25, 0.3) is 0 Å². The number of carbonyl (C=O) groups is 4. The number of H-pyrrole nitrogens is 5. The van der Waals surface area contributed by atoms with Crippen LogP contribution in [0.1, 0.15) is 170 Å². The Morgan fingerprint density at radius 3 is 1.71 bits per heavy atom. The summed E-state index contributed by atoms with van der Waals surface area (Å²) in [7, 11) is 0. The summed E-state index contributed by atoms with van der Waals surface area (Å²) in [5.41, 5.74) is 12.7. The lowest BCUT2D eigenvalue weighted by Crippen LogP contribution is -2.36. The third-order valence-corrected chi connectivity index (χ3v) is 15.4. The number of aromatic nitrogens is 5. The summed E-state index contributed by atoms with van der Waals surface area (Å²) in [6.45, 7) is 9.14. The number of piperidine rings is 2. The highest BCUT2D eigenvalue weighted by Gasteiger charge is 2.25. The number of aryl methyl sites for hydroxylation is 5. The van der Waals surface area contributed by atoms with E-state index < -0.39 is 0 Å². The van der Waals surface area contributed by atoms with Crippen LogP contribution in [0.5, 0.6) is 0 Å². The first-order valence-corrected chi connectivity index (χ1v) is 27.7. The van der Waals surface area contributed by atoms with E-state index in [-0.39, 0.29) is 5.91 Å². The molecule has 12 rings (SSSR count). The van der Waals surface area contributed by atoms with E-state index in [2.05, 4.69) is 57.3 Å². The second-order valence-electron chi connectivity index (χ2n) is 20.5. The number of likely N-dealkylation sites (tertiary alicyclic amines) is 2. The molecule has 0 spiro atoms. The van der Waals surface area contributed by atoms with Crippen molar-refractivity contribution < 1.29 is 24.4 Å². The molecule has 5 aliphatic heterocycles. The van der Waals surface area contributed by atoms with Gasteiger partial charge in [-0.2, -0.15) is 0 Å². The van der Waals surface area contributed by atoms with Gasteiger partial charge in [-0.3, -0.25) is 19.2 Å². The van der Waals surface area contributed by atoms with Crippen molar-refractivity contribution in [2.75, 3.05) is 74.0 Å². The number of oxime groups is 1. The predicted molar refractivity (Wildman–Crippen MR) is 290 cm³/mol. The van der Waals surface area contributed by atoms with E-state index in [4.69, 9.17) is 5.21 Å². The topological polar surface area (TPSA) is 205 Å². The smallest absolute Gasteiger partial charge is 0.228 e. The minimum Gasteiger partial charge on any atom is -0.411 e. The first-order valence-electron chi connectivity index (χ1n) is 27.7. The number of fused-ring (bicyclic) bond motifs is 5. The fourth-order valence-electron chi connectivity index (χ4n) is 11.3. The zero-order valence-corrected chi connectivity index (χ0v) is 43.2. The molecule has 0 radical (unpaired) electrons. The Balaban J connectivity index is 0.000000127. The van der Waals surface area contributed by atoms with Crippen LogP contribution in [-0.2, 0) is 41.7 Å². The number of anilines is 3. The minimum atomic E-state index is 0.185. The second kappa shape index (κ2) is 27.8. The molecule has 5 aromatic rings. The van der Waals surface area contributed by atoms with Gasteiger partial charge in [0.15, 0.2) is 12.1 Å². The van der Waals surface area contributed by atoms with Gasteiger partial charge in [0.1, 0.15) is 0 Å². The zero-order chi connectivity index (χ0) is 50.6. The molecule has 73 heavy (non-hydrogen) atoms. The lowest BCUT2D eigenvalue weighted by molar-refractivity contribution is -0.119. The molecule has 2 saturated heterocycles. The third kappa shape index (κ3) is 15.0. The van der Waals surface area contributed by atoms with Gasteiger partial charge in [-0.25, -0.2) is 0 Å². The number of hydrogen-bond acceptors (Lipinski definition) is 9. The van der Waals surface area contributed by atoms with E-state index in [1.54, 1.807) is 0 Å². The normalized spacial score (nSPS) is 19.2. The Morgan fingerprint density at radius 2 is 1.05 bits per heavy atom. The molecule has 394 valence electrons. The summed E-state index contributed by atoms with van der Waals surface area (Å²) in [4.78, 5) is 71.9. The molecule has 0 unspecified atom stereocenters. The lowest BCUT2D eigenvalue weighted by atomic mass is 9.96. The number of rotatable bonds is 7. The van der Waals surface area contributed by atoms with Crippen LogP contribution < -0.4 is 15.1 Å². The molecular formula is C57H81N11O5. The fraction of sp³-hybridized carbons (Fsp3) is 0.561. The third-order valence-electron chi connectivity index (χ3n) is 15.4. The molecule has 2 aliphatic carbocycles. The van der Waals surface area contributed by atoms with Crippen molar-refractivity contribution in [3.8, 4) is 0 Å². The summed E-state index contributed by atoms with van der Waals surface area (Å²) in [5, 5.41) is 15.3. The first-order chi connectivity index (χ1) is 35.9. The average Bonchev–Trinajstić information content (AvgIpc) is 4.29. The highest BCUT2D eigenvalue weighted by molar-refractivity contribution is 6.02. The minimum absolute atomic E-state index is 0.185. The second-order valence-corrected chi connectivity index (χ2v) is 20.5. The van der Waals surface area contributed by atoms with Gasteiger partial charge < -0.3 is 55.0 Å². The molecule has 0 saturated carbocycles. The summed E-state index contributed by atoms with van der Waals surface area (Å²) in [5.74, 6) is 0.769. The maximum atomic E-state index is 12.7. The Bertz CT molecular complexity index is 2510. The van der Waals surface area contributed by atoms with Gasteiger partial charge in [-0.1, -0.05) is 18.0 Å². The number of ketones is 1. The van der Waals surface area contributed by atoms with E-state index in [9.17, 15) is 19.2 Å². The Labute approximate surface area is 431 Å². The van der Waals surface area contributed by atoms with Crippen LogP contribution in [0.15, 0.2) is 60.3 Å². The molecule has 7 aliphatic rings. The standard InChI is InChI=1S/C17H25N3O2.C16H25N3O.C8H10N2O.C8H12N2.C8H9NO/c21-13-14-12-16-15(18-14)6-2-5-10-20(16)17(22)7-11-19-8-3-1-4-9-19;20-16(8-13-18-10-3-1-4-11-18)19-12-5-2-6-14-15(19)7-9-17-14;11-10-8-3-1-2-7-6(8)4-5-9-7;1-2-5-9-8-4-6-10-7(8)3-1;10-8-3-1-2-7-6(8)4-5-9-7/h12-13,18H,1-11H2;7,9,17H,1-6,8,10-13H2;4-5,9,11H,1-3H2;4,6,9-10H,1-3,5H2;4-5,9H,1-3H2/b;;10-8+;;. The van der Waals surface area contributed by atoms with Gasteiger partial charge in [0.25, 0.3) is 0 Å². The van der Waals surface area contributed by atoms with Crippen LogP contribution in [0.4, 0.5) is 17.1 Å². The van der Waals surface area contributed by atoms with Crippen LogP contribution in [0, 0.1) is 0 Å². The van der Waals surface area contributed by atoms with Crippen LogP contribution >= 0.6 is 0 Å². The molecule has 0 bridgehead atoms. The molecule has 10 heterocycles. The van der Waals surface area contributed by atoms with E-state index >= 15 is 0 Å². The van der Waals surface area contributed by atoms with E-state index in [1.165, 1.54) is 100 Å². The van der Waals surface area contributed by atoms with Crippen molar-refractivity contribution >= 4 is 46.7 Å². The molecule has 2 amide bonds. The van der Waals surface area contributed by atoms with Gasteiger partial charge in [0.2, 0.25) is 11.8 Å². The van der Waals surface area contributed by atoms with Crippen LogP contribution in [0.2, 0.25) is 0 Å². The Hall–Kier alpha value is -6.13. The summed E-state index contributed by atoms with van der Waals surface area (Å²) < 4.78 is 0.